The summed E-state index contributed by atoms with van der Waals surface area (Å²) in [6.45, 7) is 6.62. The van der Waals surface area contributed by atoms with Gasteiger partial charge in [-0.25, -0.2) is 4.98 Å². The first-order valence-corrected chi connectivity index (χ1v) is 6.93. The van der Waals surface area contributed by atoms with Gasteiger partial charge >= 0.3 is 0 Å². The zero-order valence-electron chi connectivity index (χ0n) is 11.9. The zero-order valence-corrected chi connectivity index (χ0v) is 13.5. The number of aromatic nitrogens is 1. The number of hydrogen-bond acceptors (Lipinski definition) is 5. The van der Waals surface area contributed by atoms with E-state index in [0.29, 0.717) is 25.3 Å². The Bertz CT molecular complexity index is 457. The van der Waals surface area contributed by atoms with E-state index in [1.165, 1.54) is 11.3 Å². The average molecular weight is 321 g/mol. The monoisotopic (exact) mass is 320 g/mol. The van der Waals surface area contributed by atoms with E-state index in [0.717, 1.165) is 5.01 Å². The molecule has 1 aromatic rings. The molecule has 0 atom stereocenters. The molecule has 114 valence electrons. The predicted octanol–water partition coefficient (Wildman–Crippen LogP) is 0.916. The van der Waals surface area contributed by atoms with Crippen molar-refractivity contribution in [3.05, 3.63) is 16.1 Å². The molecule has 1 aromatic heterocycles. The lowest BCUT2D eigenvalue weighted by Gasteiger charge is -2.17. The number of nitrogens with one attached hydrogen (secondary N) is 2. The van der Waals surface area contributed by atoms with Crippen molar-refractivity contribution in [3.8, 4) is 0 Å². The van der Waals surface area contributed by atoms with Gasteiger partial charge in [0.2, 0.25) is 5.91 Å². The van der Waals surface area contributed by atoms with Crippen LogP contribution in [0, 0.1) is 5.41 Å². The first-order valence-electron chi connectivity index (χ1n) is 6.05. The molecule has 2 amide bonds. The van der Waals surface area contributed by atoms with Crippen LogP contribution in [0.15, 0.2) is 5.38 Å². The lowest BCUT2D eigenvalue weighted by molar-refractivity contribution is -0.128. The molecule has 0 aliphatic rings. The molecule has 4 N–H and O–H groups in total. The fourth-order valence-electron chi connectivity index (χ4n) is 1.22. The first kappa shape index (κ1) is 18.8. The molecule has 0 saturated carbocycles. The first-order chi connectivity index (χ1) is 8.84. The molecular weight excluding hydrogens is 300 g/mol. The molecule has 0 radical (unpaired) electrons. The summed E-state index contributed by atoms with van der Waals surface area (Å²) in [5.41, 5.74) is 5.37. The Morgan fingerprint density at radius 1 is 1.30 bits per heavy atom. The molecule has 0 saturated heterocycles. The van der Waals surface area contributed by atoms with Crippen LogP contribution in [-0.2, 0) is 11.3 Å². The molecule has 0 spiro atoms. The fraction of sp³-hybridized carbons (Fsp3) is 0.583. The summed E-state index contributed by atoms with van der Waals surface area (Å²) in [7, 11) is 0. The zero-order chi connectivity index (χ0) is 14.5. The van der Waals surface area contributed by atoms with Crippen molar-refractivity contribution in [1.29, 1.82) is 0 Å². The summed E-state index contributed by atoms with van der Waals surface area (Å²) in [6.07, 6.45) is 0. The maximum atomic E-state index is 11.7. The number of thiazole rings is 1. The minimum atomic E-state index is -0.422. The van der Waals surface area contributed by atoms with Gasteiger partial charge in [-0.15, -0.1) is 23.7 Å². The van der Waals surface area contributed by atoms with Crippen LogP contribution in [0.5, 0.6) is 0 Å². The van der Waals surface area contributed by atoms with E-state index in [-0.39, 0.29) is 24.2 Å². The molecular formula is C12H21ClN4O2S. The fourth-order valence-corrected chi connectivity index (χ4v) is 1.87. The molecule has 0 unspecified atom stereocenters. The molecule has 0 aromatic carbocycles. The number of nitrogens with two attached hydrogens (primary N) is 1. The van der Waals surface area contributed by atoms with Crippen LogP contribution < -0.4 is 16.4 Å². The summed E-state index contributed by atoms with van der Waals surface area (Å²) in [5.74, 6) is -0.290. The lowest BCUT2D eigenvalue weighted by Crippen LogP contribution is -2.39. The highest BCUT2D eigenvalue weighted by atomic mass is 35.5. The molecule has 0 bridgehead atoms. The average Bonchev–Trinajstić information content (AvgIpc) is 2.81. The van der Waals surface area contributed by atoms with Crippen LogP contribution in [-0.4, -0.2) is 29.9 Å². The summed E-state index contributed by atoms with van der Waals surface area (Å²) >= 11 is 1.36. The smallest absolute Gasteiger partial charge is 0.270 e. The maximum Gasteiger partial charge on any atom is 0.270 e. The van der Waals surface area contributed by atoms with E-state index in [1.54, 1.807) is 5.38 Å². The van der Waals surface area contributed by atoms with Crippen LogP contribution in [0.2, 0.25) is 0 Å². The van der Waals surface area contributed by atoms with Gasteiger partial charge in [0.05, 0.1) is 0 Å². The summed E-state index contributed by atoms with van der Waals surface area (Å²) in [4.78, 5) is 27.3. The van der Waals surface area contributed by atoms with Crippen LogP contribution in [0.25, 0.3) is 0 Å². The van der Waals surface area contributed by atoms with E-state index < -0.39 is 5.41 Å². The highest BCUT2D eigenvalue weighted by molar-refractivity contribution is 7.09. The van der Waals surface area contributed by atoms with Crippen molar-refractivity contribution < 1.29 is 9.59 Å². The molecule has 8 heteroatoms. The molecule has 20 heavy (non-hydrogen) atoms. The van der Waals surface area contributed by atoms with Crippen molar-refractivity contribution in [2.24, 2.45) is 11.1 Å². The molecule has 0 aliphatic carbocycles. The second-order valence-corrected chi connectivity index (χ2v) is 6.04. The van der Waals surface area contributed by atoms with Gasteiger partial charge in [0, 0.05) is 30.4 Å². The van der Waals surface area contributed by atoms with Gasteiger partial charge in [-0.05, 0) is 0 Å². The van der Waals surface area contributed by atoms with Gasteiger partial charge in [-0.2, -0.15) is 0 Å². The molecule has 0 aliphatic heterocycles. The standard InChI is InChI=1S/C12H20N4O2S.ClH/c1-12(2,3)11(18)15-5-4-14-10(17)8-7-19-9(6-13)16-8;/h7H,4-6,13H2,1-3H3,(H,14,17)(H,15,18);1H. The SMILES string of the molecule is CC(C)(C)C(=O)NCCNC(=O)c1csc(CN)n1.Cl. The van der Waals surface area contributed by atoms with Crippen molar-refractivity contribution in [3.63, 3.8) is 0 Å². The minimum Gasteiger partial charge on any atom is -0.354 e. The third-order valence-electron chi connectivity index (χ3n) is 2.34. The van der Waals surface area contributed by atoms with Crippen LogP contribution in [0.1, 0.15) is 36.3 Å². The Labute approximate surface area is 128 Å². The second kappa shape index (κ2) is 8.18. The normalized spacial score (nSPS) is 10.6. The Morgan fingerprint density at radius 2 is 1.90 bits per heavy atom. The second-order valence-electron chi connectivity index (χ2n) is 5.09. The van der Waals surface area contributed by atoms with E-state index in [4.69, 9.17) is 5.73 Å². The van der Waals surface area contributed by atoms with Crippen molar-refractivity contribution in [2.75, 3.05) is 13.1 Å². The predicted molar refractivity (Wildman–Crippen MR) is 82.1 cm³/mol. The number of amides is 2. The quantitative estimate of drug-likeness (QED) is 0.703. The Balaban J connectivity index is 0.00000361. The molecule has 6 nitrogen and oxygen atoms in total. The number of rotatable bonds is 5. The largest absolute Gasteiger partial charge is 0.354 e. The number of nitrogens with zero attached hydrogens (tertiary/aromatic N) is 1. The maximum absolute atomic E-state index is 11.7. The Kier molecular flexibility index (Phi) is 7.70. The highest BCUT2D eigenvalue weighted by Gasteiger charge is 2.20. The van der Waals surface area contributed by atoms with Crippen molar-refractivity contribution >= 4 is 35.6 Å². The summed E-state index contributed by atoms with van der Waals surface area (Å²) in [6, 6.07) is 0. The van der Waals surface area contributed by atoms with Crippen molar-refractivity contribution in [1.82, 2.24) is 15.6 Å². The van der Waals surface area contributed by atoms with Crippen LogP contribution in [0.4, 0.5) is 0 Å². The highest BCUT2D eigenvalue weighted by Crippen LogP contribution is 2.12. The van der Waals surface area contributed by atoms with Gasteiger partial charge in [0.25, 0.3) is 5.91 Å². The lowest BCUT2D eigenvalue weighted by atomic mass is 9.96. The van der Waals surface area contributed by atoms with Crippen molar-refractivity contribution in [2.45, 2.75) is 27.3 Å². The number of carbonyl (C=O) groups excluding carboxylic acids is 2. The van der Waals surface area contributed by atoms with Gasteiger partial charge < -0.3 is 16.4 Å². The van der Waals surface area contributed by atoms with Gasteiger partial charge in [-0.1, -0.05) is 20.8 Å². The number of halogens is 1. The third-order valence-corrected chi connectivity index (χ3v) is 3.21. The van der Waals surface area contributed by atoms with Gasteiger partial charge in [0.15, 0.2) is 0 Å². The number of carbonyl (C=O) groups is 2. The van der Waals surface area contributed by atoms with E-state index in [2.05, 4.69) is 15.6 Å². The molecule has 0 fully saturated rings. The third kappa shape index (κ3) is 5.85. The molecule has 1 rings (SSSR count). The summed E-state index contributed by atoms with van der Waals surface area (Å²) < 4.78 is 0. The van der Waals surface area contributed by atoms with E-state index in [9.17, 15) is 9.59 Å². The topological polar surface area (TPSA) is 97.1 Å². The van der Waals surface area contributed by atoms with Crippen LogP contribution in [0.3, 0.4) is 0 Å². The van der Waals surface area contributed by atoms with Crippen LogP contribution >= 0.6 is 23.7 Å². The minimum absolute atomic E-state index is 0. The van der Waals surface area contributed by atoms with Gasteiger partial charge in [0.1, 0.15) is 10.7 Å². The van der Waals surface area contributed by atoms with Gasteiger partial charge in [-0.3, -0.25) is 9.59 Å². The molecule has 1 heterocycles. The van der Waals surface area contributed by atoms with E-state index >= 15 is 0 Å². The Hall–Kier alpha value is -1.18. The van der Waals surface area contributed by atoms with E-state index in [1.807, 2.05) is 20.8 Å². The Morgan fingerprint density at radius 3 is 2.40 bits per heavy atom. The number of hydrogen-bond donors (Lipinski definition) is 3. The summed E-state index contributed by atoms with van der Waals surface area (Å²) in [5, 5.41) is 7.85.